The van der Waals surface area contributed by atoms with E-state index >= 15 is 0 Å². The van der Waals surface area contributed by atoms with Crippen LogP contribution >= 0.6 is 0 Å². The van der Waals surface area contributed by atoms with Gasteiger partial charge in [-0.05, 0) is 31.0 Å². The van der Waals surface area contributed by atoms with Gasteiger partial charge in [-0.1, -0.05) is 30.3 Å². The van der Waals surface area contributed by atoms with E-state index in [2.05, 4.69) is 23.1 Å². The molecule has 26 heavy (non-hydrogen) atoms. The van der Waals surface area contributed by atoms with E-state index in [0.717, 1.165) is 49.3 Å². The molecule has 4 rings (SSSR count). The molecule has 0 bridgehead atoms. The van der Waals surface area contributed by atoms with E-state index < -0.39 is 0 Å². The van der Waals surface area contributed by atoms with Crippen LogP contribution in [0.4, 0.5) is 0 Å². The SMILES string of the molecule is COc1ccccc1CN1CCC(n2c(=O)n(C)c3ccccc32)CC1. The number of aryl methyl sites for hydroxylation is 1. The molecule has 136 valence electrons. The second-order valence-corrected chi connectivity index (χ2v) is 7.02. The Labute approximate surface area is 153 Å². The number of nitrogens with zero attached hydrogens (tertiary/aromatic N) is 3. The quantitative estimate of drug-likeness (QED) is 0.725. The molecule has 5 nitrogen and oxygen atoms in total. The van der Waals surface area contributed by atoms with Crippen LogP contribution in [0.15, 0.2) is 53.3 Å². The lowest BCUT2D eigenvalue weighted by Crippen LogP contribution is -2.37. The average molecular weight is 351 g/mol. The molecule has 5 heteroatoms. The van der Waals surface area contributed by atoms with Gasteiger partial charge in [0.15, 0.2) is 0 Å². The van der Waals surface area contributed by atoms with E-state index in [1.54, 1.807) is 11.7 Å². The van der Waals surface area contributed by atoms with Crippen molar-refractivity contribution in [2.75, 3.05) is 20.2 Å². The van der Waals surface area contributed by atoms with Crippen molar-refractivity contribution in [2.45, 2.75) is 25.4 Å². The molecule has 0 radical (unpaired) electrons. The maximum absolute atomic E-state index is 12.7. The highest BCUT2D eigenvalue weighted by atomic mass is 16.5. The van der Waals surface area contributed by atoms with Crippen LogP contribution in [0.2, 0.25) is 0 Å². The fraction of sp³-hybridized carbons (Fsp3) is 0.381. The zero-order valence-electron chi connectivity index (χ0n) is 15.4. The highest BCUT2D eigenvalue weighted by Gasteiger charge is 2.24. The van der Waals surface area contributed by atoms with Gasteiger partial charge in [0.05, 0.1) is 18.1 Å². The van der Waals surface area contributed by atoms with Crippen molar-refractivity contribution in [3.8, 4) is 5.75 Å². The topological polar surface area (TPSA) is 39.4 Å². The fourth-order valence-corrected chi connectivity index (χ4v) is 4.08. The van der Waals surface area contributed by atoms with Crippen LogP contribution in [0.1, 0.15) is 24.4 Å². The van der Waals surface area contributed by atoms with Gasteiger partial charge in [0.1, 0.15) is 5.75 Å². The van der Waals surface area contributed by atoms with Crippen molar-refractivity contribution >= 4 is 11.0 Å². The van der Waals surface area contributed by atoms with Gasteiger partial charge in [-0.2, -0.15) is 0 Å². The van der Waals surface area contributed by atoms with Gasteiger partial charge >= 0.3 is 5.69 Å². The molecule has 3 aromatic rings. The molecule has 0 aliphatic carbocycles. The third kappa shape index (κ3) is 2.92. The number of hydrogen-bond acceptors (Lipinski definition) is 3. The van der Waals surface area contributed by atoms with Crippen molar-refractivity contribution in [1.29, 1.82) is 0 Å². The molecule has 1 aliphatic rings. The van der Waals surface area contributed by atoms with Crippen molar-refractivity contribution in [2.24, 2.45) is 7.05 Å². The Balaban J connectivity index is 1.51. The monoisotopic (exact) mass is 351 g/mol. The molecule has 0 unspecified atom stereocenters. The van der Waals surface area contributed by atoms with Gasteiger partial charge in [-0.3, -0.25) is 14.0 Å². The summed E-state index contributed by atoms with van der Waals surface area (Å²) in [5, 5.41) is 0. The highest BCUT2D eigenvalue weighted by molar-refractivity contribution is 5.76. The summed E-state index contributed by atoms with van der Waals surface area (Å²) in [6, 6.07) is 16.5. The molecule has 0 N–H and O–H groups in total. The first-order valence-corrected chi connectivity index (χ1v) is 9.19. The van der Waals surface area contributed by atoms with E-state index in [0.29, 0.717) is 0 Å². The van der Waals surface area contributed by atoms with E-state index in [1.807, 2.05) is 41.9 Å². The van der Waals surface area contributed by atoms with Crippen LogP contribution in [-0.2, 0) is 13.6 Å². The standard InChI is InChI=1S/C21H25N3O2/c1-22-18-8-4-5-9-19(18)24(21(22)25)17-11-13-23(14-12-17)15-16-7-3-6-10-20(16)26-2/h3-10,17H,11-15H2,1-2H3. The molecule has 0 saturated carbocycles. The minimum atomic E-state index is 0.0920. The summed E-state index contributed by atoms with van der Waals surface area (Å²) in [4.78, 5) is 15.2. The van der Waals surface area contributed by atoms with Crippen LogP contribution < -0.4 is 10.4 Å². The van der Waals surface area contributed by atoms with Crippen LogP contribution in [0.5, 0.6) is 5.75 Å². The number of methoxy groups -OCH3 is 1. The molecule has 1 fully saturated rings. The summed E-state index contributed by atoms with van der Waals surface area (Å²) in [6.07, 6.45) is 1.98. The van der Waals surface area contributed by atoms with E-state index in [4.69, 9.17) is 4.74 Å². The number of ether oxygens (including phenoxy) is 1. The minimum absolute atomic E-state index is 0.0920. The predicted octanol–water partition coefficient (Wildman–Crippen LogP) is 3.19. The number of benzene rings is 2. The zero-order chi connectivity index (χ0) is 18.1. The number of fused-ring (bicyclic) bond motifs is 1. The molecular formula is C21H25N3O2. The van der Waals surface area contributed by atoms with E-state index in [9.17, 15) is 4.79 Å². The first-order valence-electron chi connectivity index (χ1n) is 9.19. The Hall–Kier alpha value is -2.53. The third-order valence-electron chi connectivity index (χ3n) is 5.50. The van der Waals surface area contributed by atoms with Crippen LogP contribution in [0.25, 0.3) is 11.0 Å². The summed E-state index contributed by atoms with van der Waals surface area (Å²) < 4.78 is 9.23. The van der Waals surface area contributed by atoms with E-state index in [1.165, 1.54) is 5.56 Å². The Morgan fingerprint density at radius 3 is 2.38 bits per heavy atom. The molecule has 0 atom stereocenters. The van der Waals surface area contributed by atoms with Gasteiger partial charge in [0.25, 0.3) is 0 Å². The number of likely N-dealkylation sites (tertiary alicyclic amines) is 1. The predicted molar refractivity (Wildman–Crippen MR) is 104 cm³/mol. The summed E-state index contributed by atoms with van der Waals surface area (Å²) in [5.74, 6) is 0.944. The van der Waals surface area contributed by atoms with Crippen molar-refractivity contribution in [3.63, 3.8) is 0 Å². The highest BCUT2D eigenvalue weighted by Crippen LogP contribution is 2.27. The van der Waals surface area contributed by atoms with Gasteiger partial charge < -0.3 is 4.74 Å². The van der Waals surface area contributed by atoms with Gasteiger partial charge in [0, 0.05) is 38.3 Å². The second-order valence-electron chi connectivity index (χ2n) is 7.02. The van der Waals surface area contributed by atoms with Crippen molar-refractivity contribution < 1.29 is 4.74 Å². The van der Waals surface area contributed by atoms with Crippen LogP contribution in [0.3, 0.4) is 0 Å². The Morgan fingerprint density at radius 1 is 1.00 bits per heavy atom. The Kier molecular flexibility index (Phi) is 4.55. The molecular weight excluding hydrogens is 326 g/mol. The largest absolute Gasteiger partial charge is 0.496 e. The fourth-order valence-electron chi connectivity index (χ4n) is 4.08. The molecule has 2 aromatic carbocycles. The number of piperidine rings is 1. The summed E-state index contributed by atoms with van der Waals surface area (Å²) in [7, 11) is 3.58. The third-order valence-corrected chi connectivity index (χ3v) is 5.50. The number of aromatic nitrogens is 2. The number of rotatable bonds is 4. The second kappa shape index (κ2) is 7.00. The Bertz CT molecular complexity index is 965. The molecule has 2 heterocycles. The first kappa shape index (κ1) is 16.9. The number of imidazole rings is 1. The molecule has 1 aliphatic heterocycles. The molecule has 1 saturated heterocycles. The smallest absolute Gasteiger partial charge is 0.329 e. The average Bonchev–Trinajstić information content (AvgIpc) is 2.94. The lowest BCUT2D eigenvalue weighted by molar-refractivity contribution is 0.178. The van der Waals surface area contributed by atoms with Gasteiger partial charge in [-0.15, -0.1) is 0 Å². The number of hydrogen-bond donors (Lipinski definition) is 0. The summed E-state index contributed by atoms with van der Waals surface area (Å²) >= 11 is 0. The first-order chi connectivity index (χ1) is 12.7. The van der Waals surface area contributed by atoms with Crippen LogP contribution in [0, 0.1) is 0 Å². The Morgan fingerprint density at radius 2 is 1.65 bits per heavy atom. The minimum Gasteiger partial charge on any atom is -0.496 e. The number of para-hydroxylation sites is 3. The maximum atomic E-state index is 12.7. The van der Waals surface area contributed by atoms with Crippen LogP contribution in [-0.4, -0.2) is 34.2 Å². The molecule has 1 aromatic heterocycles. The van der Waals surface area contributed by atoms with Crippen molar-refractivity contribution in [1.82, 2.24) is 14.0 Å². The lowest BCUT2D eigenvalue weighted by Gasteiger charge is -2.32. The molecule has 0 spiro atoms. The van der Waals surface area contributed by atoms with Gasteiger partial charge in [0.2, 0.25) is 0 Å². The summed E-state index contributed by atoms with van der Waals surface area (Å²) in [6.45, 7) is 2.86. The normalized spacial score (nSPS) is 16.2. The zero-order valence-corrected chi connectivity index (χ0v) is 15.4. The maximum Gasteiger partial charge on any atom is 0.329 e. The van der Waals surface area contributed by atoms with E-state index in [-0.39, 0.29) is 11.7 Å². The lowest BCUT2D eigenvalue weighted by atomic mass is 10.0. The summed E-state index contributed by atoms with van der Waals surface area (Å²) in [5.41, 5.74) is 3.36. The van der Waals surface area contributed by atoms with Gasteiger partial charge in [-0.25, -0.2) is 4.79 Å². The molecule has 0 amide bonds. The van der Waals surface area contributed by atoms with Crippen molar-refractivity contribution in [3.05, 3.63) is 64.6 Å².